The zero-order chi connectivity index (χ0) is 19.6. The second-order valence-corrected chi connectivity index (χ2v) is 7.41. The standard InChI is InChI=1S/C21H35FN4O.HI/c1-5-27-20(16(2)3)9-12-24-21(23-4)25-18-10-13-26(14-11-18)19-8-6-7-17(22)15-19;/h6-8,15-16,18,20H,5,9-14H2,1-4H3,(H2,23,24,25);1H. The van der Waals surface area contributed by atoms with E-state index >= 15 is 0 Å². The molecule has 0 spiro atoms. The number of aliphatic imine (C=N–C) groups is 1. The van der Waals surface area contributed by atoms with Crippen molar-refractivity contribution < 1.29 is 9.13 Å². The predicted molar refractivity (Wildman–Crippen MR) is 126 cm³/mol. The van der Waals surface area contributed by atoms with E-state index in [-0.39, 0.29) is 35.9 Å². The maximum Gasteiger partial charge on any atom is 0.191 e. The molecule has 1 aromatic carbocycles. The maximum atomic E-state index is 13.4. The minimum Gasteiger partial charge on any atom is -0.378 e. The third-order valence-electron chi connectivity index (χ3n) is 5.08. The van der Waals surface area contributed by atoms with Crippen molar-refractivity contribution in [3.8, 4) is 0 Å². The highest BCUT2D eigenvalue weighted by atomic mass is 127. The van der Waals surface area contributed by atoms with Gasteiger partial charge in [-0.2, -0.15) is 0 Å². The Morgan fingerprint density at radius 2 is 2.04 bits per heavy atom. The van der Waals surface area contributed by atoms with E-state index in [4.69, 9.17) is 4.74 Å². The molecule has 2 rings (SSSR count). The third-order valence-corrected chi connectivity index (χ3v) is 5.08. The van der Waals surface area contributed by atoms with E-state index in [1.54, 1.807) is 19.2 Å². The van der Waals surface area contributed by atoms with Gasteiger partial charge in [-0.05, 0) is 50.3 Å². The van der Waals surface area contributed by atoms with E-state index < -0.39 is 0 Å². The van der Waals surface area contributed by atoms with Crippen LogP contribution < -0.4 is 15.5 Å². The van der Waals surface area contributed by atoms with Crippen LogP contribution in [-0.2, 0) is 4.74 Å². The molecule has 2 N–H and O–H groups in total. The topological polar surface area (TPSA) is 48.9 Å². The molecule has 5 nitrogen and oxygen atoms in total. The molecule has 1 unspecified atom stereocenters. The SMILES string of the molecule is CCOC(CCNC(=NC)NC1CCN(c2cccc(F)c2)CC1)C(C)C.I. The minimum atomic E-state index is -0.177. The van der Waals surface area contributed by atoms with E-state index in [0.717, 1.165) is 57.2 Å². The number of hydrogen-bond donors (Lipinski definition) is 2. The molecule has 1 heterocycles. The molecule has 0 saturated carbocycles. The lowest BCUT2D eigenvalue weighted by molar-refractivity contribution is 0.0258. The van der Waals surface area contributed by atoms with Crippen molar-refractivity contribution in [2.24, 2.45) is 10.9 Å². The van der Waals surface area contributed by atoms with E-state index in [2.05, 4.69) is 34.4 Å². The number of nitrogens with zero attached hydrogens (tertiary/aromatic N) is 2. The first-order valence-corrected chi connectivity index (χ1v) is 10.1. The average molecular weight is 506 g/mol. The van der Waals surface area contributed by atoms with Crippen LogP contribution in [0.1, 0.15) is 40.0 Å². The van der Waals surface area contributed by atoms with Gasteiger partial charge in [-0.15, -0.1) is 24.0 Å². The molecule has 160 valence electrons. The van der Waals surface area contributed by atoms with Crippen molar-refractivity contribution in [3.63, 3.8) is 0 Å². The van der Waals surface area contributed by atoms with E-state index in [0.29, 0.717) is 12.0 Å². The zero-order valence-corrected chi connectivity index (χ0v) is 19.9. The Kier molecular flexibility index (Phi) is 11.8. The molecule has 1 fully saturated rings. The largest absolute Gasteiger partial charge is 0.378 e. The summed E-state index contributed by atoms with van der Waals surface area (Å²) in [5, 5.41) is 6.93. The summed E-state index contributed by atoms with van der Waals surface area (Å²) < 4.78 is 19.2. The molecule has 0 aromatic heterocycles. The van der Waals surface area contributed by atoms with E-state index in [1.807, 2.05) is 13.0 Å². The van der Waals surface area contributed by atoms with Crippen LogP contribution in [0.3, 0.4) is 0 Å². The van der Waals surface area contributed by atoms with Gasteiger partial charge in [0.15, 0.2) is 5.96 Å². The normalized spacial score (nSPS) is 16.6. The molecule has 1 saturated heterocycles. The van der Waals surface area contributed by atoms with Gasteiger partial charge in [-0.3, -0.25) is 4.99 Å². The Bertz CT molecular complexity index is 592. The van der Waals surface area contributed by atoms with Gasteiger partial charge >= 0.3 is 0 Å². The summed E-state index contributed by atoms with van der Waals surface area (Å²) in [6, 6.07) is 7.23. The molecule has 1 atom stereocenters. The summed E-state index contributed by atoms with van der Waals surface area (Å²) in [5.74, 6) is 1.18. The summed E-state index contributed by atoms with van der Waals surface area (Å²) in [6.07, 6.45) is 3.25. The predicted octanol–water partition coefficient (Wildman–Crippen LogP) is 4.03. The lowest BCUT2D eigenvalue weighted by Gasteiger charge is -2.34. The fraction of sp³-hybridized carbons (Fsp3) is 0.667. The molecular weight excluding hydrogens is 470 g/mol. The van der Waals surface area contributed by atoms with E-state index in [1.165, 1.54) is 6.07 Å². The number of hydrogen-bond acceptors (Lipinski definition) is 3. The van der Waals surface area contributed by atoms with Crippen LogP contribution in [0.15, 0.2) is 29.3 Å². The number of ether oxygens (including phenoxy) is 1. The fourth-order valence-electron chi connectivity index (χ4n) is 3.50. The number of piperidine rings is 1. The Hall–Kier alpha value is -1.09. The second kappa shape index (κ2) is 13.2. The average Bonchev–Trinajstić information content (AvgIpc) is 2.66. The summed E-state index contributed by atoms with van der Waals surface area (Å²) >= 11 is 0. The van der Waals surface area contributed by atoms with Gasteiger partial charge in [-0.1, -0.05) is 19.9 Å². The van der Waals surface area contributed by atoms with Gasteiger partial charge in [0.05, 0.1) is 6.10 Å². The number of guanidine groups is 1. The van der Waals surface area contributed by atoms with Crippen LogP contribution in [0.2, 0.25) is 0 Å². The molecule has 0 aliphatic carbocycles. The zero-order valence-electron chi connectivity index (χ0n) is 17.6. The molecule has 0 amide bonds. The highest BCUT2D eigenvalue weighted by Gasteiger charge is 2.20. The molecule has 28 heavy (non-hydrogen) atoms. The monoisotopic (exact) mass is 506 g/mol. The first kappa shape index (κ1) is 24.9. The van der Waals surface area contributed by atoms with Crippen molar-refractivity contribution in [2.45, 2.75) is 52.2 Å². The molecular formula is C21H36FIN4O. The van der Waals surface area contributed by atoms with Gasteiger partial charge in [0.2, 0.25) is 0 Å². The molecule has 1 aliphatic rings. The minimum absolute atomic E-state index is 0. The van der Waals surface area contributed by atoms with Crippen LogP contribution in [0, 0.1) is 11.7 Å². The first-order valence-electron chi connectivity index (χ1n) is 10.1. The fourth-order valence-corrected chi connectivity index (χ4v) is 3.50. The van der Waals surface area contributed by atoms with Crippen LogP contribution in [0.4, 0.5) is 10.1 Å². The second-order valence-electron chi connectivity index (χ2n) is 7.41. The number of benzene rings is 1. The molecule has 0 bridgehead atoms. The lowest BCUT2D eigenvalue weighted by Crippen LogP contribution is -2.49. The highest BCUT2D eigenvalue weighted by molar-refractivity contribution is 14.0. The summed E-state index contributed by atoms with van der Waals surface area (Å²) in [4.78, 5) is 6.59. The maximum absolute atomic E-state index is 13.4. The summed E-state index contributed by atoms with van der Waals surface area (Å²) in [6.45, 7) is 9.85. The Balaban J connectivity index is 0.00000392. The lowest BCUT2D eigenvalue weighted by atomic mass is 10.0. The van der Waals surface area contributed by atoms with Gasteiger partial charge in [-0.25, -0.2) is 4.39 Å². The van der Waals surface area contributed by atoms with Crippen LogP contribution in [0.5, 0.6) is 0 Å². The number of halogens is 2. The highest BCUT2D eigenvalue weighted by Crippen LogP contribution is 2.20. The smallest absolute Gasteiger partial charge is 0.191 e. The van der Waals surface area contributed by atoms with Crippen molar-refractivity contribution in [1.82, 2.24) is 10.6 Å². The van der Waals surface area contributed by atoms with Gasteiger partial charge in [0, 0.05) is 45.0 Å². The van der Waals surface area contributed by atoms with Crippen molar-refractivity contribution in [2.75, 3.05) is 38.2 Å². The number of rotatable bonds is 8. The summed E-state index contributed by atoms with van der Waals surface area (Å²) in [7, 11) is 1.81. The van der Waals surface area contributed by atoms with Crippen molar-refractivity contribution in [1.29, 1.82) is 0 Å². The van der Waals surface area contributed by atoms with Crippen LogP contribution in [-0.4, -0.2) is 51.4 Å². The summed E-state index contributed by atoms with van der Waals surface area (Å²) in [5.41, 5.74) is 0.964. The first-order chi connectivity index (χ1) is 13.0. The van der Waals surface area contributed by atoms with Crippen molar-refractivity contribution >= 4 is 35.6 Å². The molecule has 7 heteroatoms. The van der Waals surface area contributed by atoms with Gasteiger partial charge < -0.3 is 20.3 Å². The number of anilines is 1. The molecule has 0 radical (unpaired) electrons. The van der Waals surface area contributed by atoms with E-state index in [9.17, 15) is 4.39 Å². The van der Waals surface area contributed by atoms with Crippen molar-refractivity contribution in [3.05, 3.63) is 30.1 Å². The Morgan fingerprint density at radius 1 is 1.32 bits per heavy atom. The molecule has 1 aromatic rings. The Morgan fingerprint density at radius 3 is 2.61 bits per heavy atom. The third kappa shape index (κ3) is 8.11. The van der Waals surface area contributed by atoms with Gasteiger partial charge in [0.1, 0.15) is 5.82 Å². The Labute approximate surface area is 186 Å². The number of nitrogens with one attached hydrogen (secondary N) is 2. The van der Waals surface area contributed by atoms with Crippen LogP contribution >= 0.6 is 24.0 Å². The molecule has 1 aliphatic heterocycles. The van der Waals surface area contributed by atoms with Crippen LogP contribution in [0.25, 0.3) is 0 Å². The van der Waals surface area contributed by atoms with Gasteiger partial charge in [0.25, 0.3) is 0 Å². The quantitative estimate of drug-likeness (QED) is 0.318.